The Kier molecular flexibility index (Phi) is 3.93. The average Bonchev–Trinajstić information content (AvgIpc) is 3.04. The fourth-order valence-electron chi connectivity index (χ4n) is 1.86. The molecule has 1 aromatic heterocycles. The quantitative estimate of drug-likeness (QED) is 0.911. The van der Waals surface area contributed by atoms with E-state index in [-0.39, 0.29) is 23.2 Å². The molecule has 0 fully saturated rings. The predicted molar refractivity (Wildman–Crippen MR) is 76.1 cm³/mol. The van der Waals surface area contributed by atoms with Crippen LogP contribution < -0.4 is 14.8 Å². The van der Waals surface area contributed by atoms with E-state index in [0.29, 0.717) is 11.4 Å². The molecule has 0 radical (unpaired) electrons. The molecule has 0 unspecified atom stereocenters. The molecule has 1 aromatic carbocycles. The molecule has 8 heteroatoms. The number of carbonyl (C=O) groups is 1. The molecule has 116 valence electrons. The Bertz CT molecular complexity index is 675. The van der Waals surface area contributed by atoms with Crippen molar-refractivity contribution in [2.75, 3.05) is 11.1 Å². The van der Waals surface area contributed by atoms with Crippen LogP contribution in [0.15, 0.2) is 41.0 Å². The first kappa shape index (κ1) is 14.7. The summed E-state index contributed by atoms with van der Waals surface area (Å²) in [6.07, 6.45) is -2.10. The van der Waals surface area contributed by atoms with Crippen molar-refractivity contribution >= 4 is 23.4 Å². The fraction of sp³-hybridized carbons (Fsp3) is 0.214. The smallest absolute Gasteiger partial charge is 0.468 e. The van der Waals surface area contributed by atoms with Crippen molar-refractivity contribution in [1.29, 1.82) is 0 Å². The number of halogens is 2. The lowest BCUT2D eigenvalue weighted by atomic mass is 10.3. The summed E-state index contributed by atoms with van der Waals surface area (Å²) < 4.78 is 39.5. The van der Waals surface area contributed by atoms with E-state index < -0.39 is 6.29 Å². The molecule has 0 bridgehead atoms. The Morgan fingerprint density at radius 1 is 1.23 bits per heavy atom. The Labute approximate surface area is 128 Å². The number of carbonyl (C=O) groups excluding carboxylic acids is 1. The highest BCUT2D eigenvalue weighted by atomic mass is 32.2. The molecule has 0 saturated heterocycles. The molecule has 1 N–H and O–H groups in total. The number of thioether (sulfide) groups is 1. The van der Waals surface area contributed by atoms with Crippen LogP contribution in [0.2, 0.25) is 0 Å². The zero-order chi connectivity index (χ0) is 15.6. The number of rotatable bonds is 5. The van der Waals surface area contributed by atoms with E-state index in [2.05, 4.69) is 14.8 Å². The number of anilines is 1. The van der Waals surface area contributed by atoms with Crippen LogP contribution in [0.1, 0.15) is 5.76 Å². The zero-order valence-electron chi connectivity index (χ0n) is 11.2. The maximum absolute atomic E-state index is 12.9. The van der Waals surface area contributed by atoms with Crippen molar-refractivity contribution in [3.8, 4) is 11.5 Å². The Morgan fingerprint density at radius 3 is 2.82 bits per heavy atom. The van der Waals surface area contributed by atoms with Crippen molar-refractivity contribution in [1.82, 2.24) is 0 Å². The SMILES string of the molecule is O=C(CSCc1ccco1)Nc1ccc2c(c1)OC(F)(F)O2. The normalized spacial score (nSPS) is 14.8. The van der Waals surface area contributed by atoms with Gasteiger partial charge in [-0.15, -0.1) is 20.5 Å². The van der Waals surface area contributed by atoms with Gasteiger partial charge in [-0.3, -0.25) is 4.79 Å². The highest BCUT2D eigenvalue weighted by Crippen LogP contribution is 2.42. The summed E-state index contributed by atoms with van der Waals surface area (Å²) in [5, 5.41) is 2.61. The summed E-state index contributed by atoms with van der Waals surface area (Å²) in [6, 6.07) is 7.69. The molecule has 0 saturated carbocycles. The minimum absolute atomic E-state index is 0.0600. The highest BCUT2D eigenvalue weighted by Gasteiger charge is 2.43. The first-order valence-corrected chi connectivity index (χ1v) is 7.47. The topological polar surface area (TPSA) is 60.7 Å². The lowest BCUT2D eigenvalue weighted by molar-refractivity contribution is -0.286. The van der Waals surface area contributed by atoms with Crippen LogP contribution in [-0.2, 0) is 10.5 Å². The van der Waals surface area contributed by atoms with E-state index in [9.17, 15) is 13.6 Å². The molecular formula is C14H11F2NO4S. The van der Waals surface area contributed by atoms with Gasteiger partial charge in [0, 0.05) is 11.8 Å². The van der Waals surface area contributed by atoms with Gasteiger partial charge in [0.25, 0.3) is 0 Å². The van der Waals surface area contributed by atoms with Crippen molar-refractivity contribution in [2.45, 2.75) is 12.0 Å². The molecule has 1 amide bonds. The number of furan rings is 1. The van der Waals surface area contributed by atoms with Crippen molar-refractivity contribution in [3.05, 3.63) is 42.4 Å². The summed E-state index contributed by atoms with van der Waals surface area (Å²) in [4.78, 5) is 11.8. The largest absolute Gasteiger partial charge is 0.586 e. The highest BCUT2D eigenvalue weighted by molar-refractivity contribution is 7.99. The summed E-state index contributed by atoms with van der Waals surface area (Å²) in [7, 11) is 0. The van der Waals surface area contributed by atoms with Gasteiger partial charge in [0.2, 0.25) is 5.91 Å². The predicted octanol–water partition coefficient (Wildman–Crippen LogP) is 3.47. The van der Waals surface area contributed by atoms with Gasteiger partial charge in [0.05, 0.1) is 17.8 Å². The molecule has 2 aromatic rings. The second kappa shape index (κ2) is 5.88. The van der Waals surface area contributed by atoms with Crippen LogP contribution in [0.3, 0.4) is 0 Å². The van der Waals surface area contributed by atoms with Gasteiger partial charge in [0.1, 0.15) is 5.76 Å². The van der Waals surface area contributed by atoms with Crippen LogP contribution >= 0.6 is 11.8 Å². The summed E-state index contributed by atoms with van der Waals surface area (Å²) >= 11 is 1.38. The number of benzene rings is 1. The fourth-order valence-corrected chi connectivity index (χ4v) is 2.59. The number of alkyl halides is 2. The molecule has 0 atom stereocenters. The lowest BCUT2D eigenvalue weighted by Gasteiger charge is -2.05. The molecule has 0 spiro atoms. The lowest BCUT2D eigenvalue weighted by Crippen LogP contribution is -2.25. The Balaban J connectivity index is 1.52. The average molecular weight is 327 g/mol. The molecule has 0 aliphatic carbocycles. The van der Waals surface area contributed by atoms with Gasteiger partial charge in [-0.1, -0.05) is 0 Å². The monoisotopic (exact) mass is 327 g/mol. The summed E-state index contributed by atoms with van der Waals surface area (Å²) in [5.74, 6) is 1.16. The van der Waals surface area contributed by atoms with E-state index >= 15 is 0 Å². The molecule has 2 heterocycles. The third kappa shape index (κ3) is 3.51. The third-order valence-electron chi connectivity index (χ3n) is 2.74. The molecular weight excluding hydrogens is 316 g/mol. The van der Waals surface area contributed by atoms with Crippen molar-refractivity contribution in [3.63, 3.8) is 0 Å². The van der Waals surface area contributed by atoms with Gasteiger partial charge in [0.15, 0.2) is 11.5 Å². The van der Waals surface area contributed by atoms with Crippen molar-refractivity contribution in [2.24, 2.45) is 0 Å². The number of hydrogen-bond donors (Lipinski definition) is 1. The maximum Gasteiger partial charge on any atom is 0.586 e. The number of amides is 1. The standard InChI is InChI=1S/C14H11F2NO4S/c15-14(16)20-11-4-3-9(6-12(11)21-14)17-13(18)8-22-7-10-2-1-5-19-10/h1-6H,7-8H2,(H,17,18). The van der Waals surface area contributed by atoms with E-state index in [1.54, 1.807) is 12.3 Å². The van der Waals surface area contributed by atoms with Crippen LogP contribution in [0, 0.1) is 0 Å². The minimum atomic E-state index is -3.66. The Hall–Kier alpha value is -2.22. The van der Waals surface area contributed by atoms with Gasteiger partial charge in [-0.05, 0) is 24.3 Å². The first-order valence-electron chi connectivity index (χ1n) is 6.32. The third-order valence-corrected chi connectivity index (χ3v) is 3.70. The number of fused-ring (bicyclic) bond motifs is 1. The summed E-state index contributed by atoms with van der Waals surface area (Å²) in [6.45, 7) is 0. The molecule has 1 aliphatic rings. The van der Waals surface area contributed by atoms with Crippen LogP contribution in [0.25, 0.3) is 0 Å². The minimum Gasteiger partial charge on any atom is -0.468 e. The number of hydrogen-bond acceptors (Lipinski definition) is 5. The molecule has 5 nitrogen and oxygen atoms in total. The van der Waals surface area contributed by atoms with Crippen LogP contribution in [0.4, 0.5) is 14.5 Å². The van der Waals surface area contributed by atoms with Gasteiger partial charge in [-0.2, -0.15) is 0 Å². The zero-order valence-corrected chi connectivity index (χ0v) is 12.0. The molecule has 3 rings (SSSR count). The molecule has 1 aliphatic heterocycles. The molecule has 22 heavy (non-hydrogen) atoms. The second-order valence-electron chi connectivity index (χ2n) is 4.45. The van der Waals surface area contributed by atoms with Gasteiger partial charge >= 0.3 is 6.29 Å². The van der Waals surface area contributed by atoms with E-state index in [1.165, 1.54) is 30.0 Å². The summed E-state index contributed by atoms with van der Waals surface area (Å²) in [5.41, 5.74) is 0.364. The second-order valence-corrected chi connectivity index (χ2v) is 5.43. The van der Waals surface area contributed by atoms with Gasteiger partial charge < -0.3 is 19.2 Å². The van der Waals surface area contributed by atoms with Crippen LogP contribution in [0.5, 0.6) is 11.5 Å². The van der Waals surface area contributed by atoms with E-state index in [0.717, 1.165) is 5.76 Å². The number of nitrogens with one attached hydrogen (secondary N) is 1. The number of ether oxygens (including phenoxy) is 2. The Morgan fingerprint density at radius 2 is 2.05 bits per heavy atom. The van der Waals surface area contributed by atoms with Gasteiger partial charge in [-0.25, -0.2) is 0 Å². The maximum atomic E-state index is 12.9. The van der Waals surface area contributed by atoms with Crippen molar-refractivity contribution < 1.29 is 27.5 Å². The first-order chi connectivity index (χ1) is 10.5. The van der Waals surface area contributed by atoms with Crippen LogP contribution in [-0.4, -0.2) is 18.0 Å². The van der Waals surface area contributed by atoms with E-state index in [4.69, 9.17) is 4.42 Å². The van der Waals surface area contributed by atoms with E-state index in [1.807, 2.05) is 6.07 Å².